The molecule has 1 saturated heterocycles. The van der Waals surface area contributed by atoms with Gasteiger partial charge in [-0.2, -0.15) is 26.3 Å². The summed E-state index contributed by atoms with van der Waals surface area (Å²) in [6.07, 6.45) is -9.68. The van der Waals surface area contributed by atoms with Crippen LogP contribution >= 0.6 is 11.6 Å². The van der Waals surface area contributed by atoms with E-state index in [1.807, 2.05) is 0 Å². The highest BCUT2D eigenvalue weighted by Crippen LogP contribution is 2.41. The van der Waals surface area contributed by atoms with Crippen molar-refractivity contribution in [2.75, 3.05) is 29.6 Å². The number of halogens is 7. The van der Waals surface area contributed by atoms with Crippen LogP contribution in [0.15, 0.2) is 39.9 Å². The maximum absolute atomic E-state index is 13.5. The Balaban J connectivity index is 1.99. The molecule has 3 rings (SSSR count). The number of carboxylic acid groups (broad SMARTS) is 1. The van der Waals surface area contributed by atoms with Crippen molar-refractivity contribution in [3.8, 4) is 0 Å². The second-order valence-corrected chi connectivity index (χ2v) is 10.8. The van der Waals surface area contributed by atoms with E-state index in [4.69, 9.17) is 16.7 Å². The van der Waals surface area contributed by atoms with Crippen LogP contribution in [0.5, 0.6) is 0 Å². The van der Waals surface area contributed by atoms with E-state index in [2.05, 4.69) is 14.7 Å². The van der Waals surface area contributed by atoms with Gasteiger partial charge in [-0.05, 0) is 37.1 Å². The Bertz CT molecular complexity index is 1330. The maximum Gasteiger partial charge on any atom is 0.439 e. The number of pyridine rings is 1. The molecule has 1 aromatic carbocycles. The number of hydrogen-bond donors (Lipinski definition) is 2. The maximum atomic E-state index is 13.5. The Morgan fingerprint density at radius 3 is 2.32 bits per heavy atom. The van der Waals surface area contributed by atoms with E-state index in [9.17, 15) is 40.1 Å². The molecule has 1 aliphatic rings. The van der Waals surface area contributed by atoms with Crippen molar-refractivity contribution in [3.05, 3.63) is 46.6 Å². The van der Waals surface area contributed by atoms with Crippen molar-refractivity contribution in [1.29, 1.82) is 0 Å². The first-order valence-corrected chi connectivity index (χ1v) is 12.7. The zero-order chi connectivity index (χ0) is 27.8. The van der Waals surface area contributed by atoms with E-state index in [1.165, 1.54) is 11.0 Å². The summed E-state index contributed by atoms with van der Waals surface area (Å²) in [6, 6.07) is 3.72. The van der Waals surface area contributed by atoms with Gasteiger partial charge in [-0.15, -0.1) is 4.36 Å². The van der Waals surface area contributed by atoms with Crippen LogP contribution < -0.4 is 10.2 Å². The monoisotopic (exact) mass is 572 g/mol. The molecule has 2 amide bonds. The van der Waals surface area contributed by atoms with Gasteiger partial charge in [0.2, 0.25) is 0 Å². The summed E-state index contributed by atoms with van der Waals surface area (Å²) in [5.74, 6) is -2.58. The molecule has 1 atom stereocenters. The van der Waals surface area contributed by atoms with Gasteiger partial charge in [0.25, 0.3) is 5.91 Å². The van der Waals surface area contributed by atoms with Gasteiger partial charge < -0.3 is 15.3 Å². The first-order valence-electron chi connectivity index (χ1n) is 10.4. The van der Waals surface area contributed by atoms with Crippen LogP contribution in [-0.4, -0.2) is 51.8 Å². The van der Waals surface area contributed by atoms with E-state index >= 15 is 0 Å². The van der Waals surface area contributed by atoms with Crippen molar-refractivity contribution in [3.63, 3.8) is 0 Å². The van der Waals surface area contributed by atoms with E-state index in [0.29, 0.717) is 6.07 Å². The fraction of sp³-hybridized carbons (Fsp3) is 0.381. The van der Waals surface area contributed by atoms with Gasteiger partial charge in [-0.1, -0.05) is 11.6 Å². The zero-order valence-electron chi connectivity index (χ0n) is 18.9. The molecule has 0 saturated carbocycles. The number of benzene rings is 1. The van der Waals surface area contributed by atoms with Crippen LogP contribution in [-0.2, 0) is 15.9 Å². The summed E-state index contributed by atoms with van der Waals surface area (Å²) in [7, 11) is -3.49. The average molecular weight is 573 g/mol. The van der Waals surface area contributed by atoms with Crippen LogP contribution in [0.4, 0.5) is 42.5 Å². The van der Waals surface area contributed by atoms with Crippen molar-refractivity contribution < 1.29 is 45.2 Å². The van der Waals surface area contributed by atoms with E-state index in [-0.39, 0.29) is 47.9 Å². The third-order valence-electron chi connectivity index (χ3n) is 5.57. The summed E-state index contributed by atoms with van der Waals surface area (Å²) in [6.45, 7) is -0.505. The number of aromatic nitrogens is 1. The summed E-state index contributed by atoms with van der Waals surface area (Å²) < 4.78 is 95.3. The largest absolute Gasteiger partial charge is 0.463 e. The van der Waals surface area contributed by atoms with Gasteiger partial charge >= 0.3 is 18.4 Å². The van der Waals surface area contributed by atoms with Crippen LogP contribution in [0.1, 0.15) is 28.8 Å². The van der Waals surface area contributed by atoms with Gasteiger partial charge in [0, 0.05) is 31.2 Å². The Kier molecular flexibility index (Phi) is 7.98. The fourth-order valence-corrected chi connectivity index (χ4v) is 5.02. The van der Waals surface area contributed by atoms with Crippen molar-refractivity contribution in [2.45, 2.75) is 30.2 Å². The molecule has 1 unspecified atom stereocenters. The van der Waals surface area contributed by atoms with E-state index < -0.39 is 50.6 Å². The standard InChI is InChI=1S/C21H19ClF6N4O4S/c1-37(36,31-19(34)35)17-8-12(2-5-29-17)30-18(33)13-9-15(22)14(21(26,27)28)10-16(13)32-6-3-11(4-7-32)20(23,24)25/h2,5,8-11H,3-4,6-7H2,1H3,(H,34,35)(H,29,30,33). The number of piperidine rings is 1. The minimum atomic E-state index is -4.89. The predicted molar refractivity (Wildman–Crippen MR) is 122 cm³/mol. The number of anilines is 2. The number of amides is 2. The SMILES string of the molecule is CS(=O)(=NC(=O)O)c1cc(NC(=O)c2cc(Cl)c(C(F)(F)F)cc2N2CCC(C(F)(F)F)CC2)ccn1. The lowest BCUT2D eigenvalue weighted by Crippen LogP contribution is -2.40. The summed E-state index contributed by atoms with van der Waals surface area (Å²) in [5.41, 5.74) is -1.90. The Labute approximate surface area is 211 Å². The first kappa shape index (κ1) is 28.5. The van der Waals surface area contributed by atoms with Gasteiger partial charge in [-0.25, -0.2) is 14.0 Å². The average Bonchev–Trinajstić information content (AvgIpc) is 2.77. The number of hydrogen-bond acceptors (Lipinski definition) is 5. The molecule has 202 valence electrons. The number of carbonyl (C=O) groups is 2. The molecule has 2 heterocycles. The molecule has 1 fully saturated rings. The Hall–Kier alpha value is -3.07. The van der Waals surface area contributed by atoms with Crippen LogP contribution in [0, 0.1) is 5.92 Å². The molecule has 8 nitrogen and oxygen atoms in total. The predicted octanol–water partition coefficient (Wildman–Crippen LogP) is 5.92. The molecule has 1 aliphatic heterocycles. The van der Waals surface area contributed by atoms with Crippen LogP contribution in [0.25, 0.3) is 0 Å². The topological polar surface area (TPSA) is 112 Å². The Morgan fingerprint density at radius 2 is 1.78 bits per heavy atom. The van der Waals surface area contributed by atoms with Gasteiger partial charge in [0.1, 0.15) is 14.8 Å². The number of nitrogens with zero attached hydrogens (tertiary/aromatic N) is 3. The molecule has 2 aromatic rings. The minimum Gasteiger partial charge on any atom is -0.463 e. The van der Waals surface area contributed by atoms with Crippen molar-refractivity contribution in [2.24, 2.45) is 10.3 Å². The molecule has 2 N–H and O–H groups in total. The second-order valence-electron chi connectivity index (χ2n) is 8.16. The molecular formula is C21H19ClF6N4O4S. The third kappa shape index (κ3) is 6.83. The van der Waals surface area contributed by atoms with Gasteiger partial charge in [0.05, 0.1) is 27.8 Å². The molecule has 16 heteroatoms. The van der Waals surface area contributed by atoms with Crippen LogP contribution in [0.3, 0.4) is 0 Å². The highest BCUT2D eigenvalue weighted by molar-refractivity contribution is 7.93. The third-order valence-corrected chi connectivity index (χ3v) is 7.38. The second kappa shape index (κ2) is 10.4. The quantitative estimate of drug-likeness (QED) is 0.440. The zero-order valence-corrected chi connectivity index (χ0v) is 20.4. The first-order chi connectivity index (χ1) is 17.0. The molecule has 37 heavy (non-hydrogen) atoms. The van der Waals surface area contributed by atoms with Crippen LogP contribution in [0.2, 0.25) is 5.02 Å². The highest BCUT2D eigenvalue weighted by Gasteiger charge is 2.42. The van der Waals surface area contributed by atoms with Crippen molar-refractivity contribution >= 4 is 44.7 Å². The molecule has 0 bridgehead atoms. The number of alkyl halides is 6. The lowest BCUT2D eigenvalue weighted by Gasteiger charge is -2.35. The van der Waals surface area contributed by atoms with E-state index in [0.717, 1.165) is 24.6 Å². The van der Waals surface area contributed by atoms with E-state index in [1.54, 1.807) is 0 Å². The summed E-state index contributed by atoms with van der Waals surface area (Å²) in [4.78, 5) is 29.0. The normalized spacial score (nSPS) is 16.7. The molecule has 0 radical (unpaired) electrons. The molecule has 0 spiro atoms. The Morgan fingerprint density at radius 1 is 1.16 bits per heavy atom. The number of rotatable bonds is 4. The minimum absolute atomic E-state index is 0.0390. The number of nitrogens with one attached hydrogen (secondary N) is 1. The summed E-state index contributed by atoms with van der Waals surface area (Å²) in [5, 5.41) is 10.1. The molecule has 1 aromatic heterocycles. The fourth-order valence-electron chi connectivity index (χ4n) is 3.76. The molecular weight excluding hydrogens is 554 g/mol. The lowest BCUT2D eigenvalue weighted by atomic mass is 9.95. The summed E-state index contributed by atoms with van der Waals surface area (Å²) >= 11 is 5.81. The van der Waals surface area contributed by atoms with Crippen molar-refractivity contribution in [1.82, 2.24) is 4.98 Å². The highest BCUT2D eigenvalue weighted by atomic mass is 35.5. The smallest absolute Gasteiger partial charge is 0.439 e. The number of carbonyl (C=O) groups excluding carboxylic acids is 1. The van der Waals surface area contributed by atoms with Gasteiger partial charge in [0.15, 0.2) is 0 Å². The lowest BCUT2D eigenvalue weighted by molar-refractivity contribution is -0.179. The molecule has 0 aliphatic carbocycles. The van der Waals surface area contributed by atoms with Gasteiger partial charge in [-0.3, -0.25) is 4.79 Å².